The van der Waals surface area contributed by atoms with Crippen molar-refractivity contribution >= 4 is 35.3 Å². The van der Waals surface area contributed by atoms with Crippen LogP contribution >= 0.6 is 0 Å². The minimum atomic E-state index is -1.01. The van der Waals surface area contributed by atoms with Crippen LogP contribution in [-0.4, -0.2) is 119 Å². The van der Waals surface area contributed by atoms with Crippen LogP contribution in [0.5, 0.6) is 0 Å². The summed E-state index contributed by atoms with van der Waals surface area (Å²) < 4.78 is 32.5. The van der Waals surface area contributed by atoms with Gasteiger partial charge in [-0.05, 0) is 39.3 Å². The molecule has 44 heavy (non-hydrogen) atoms. The molecule has 1 aromatic rings. The summed E-state index contributed by atoms with van der Waals surface area (Å²) in [6.07, 6.45) is 0.375. The van der Waals surface area contributed by atoms with Gasteiger partial charge in [0.1, 0.15) is 11.6 Å². The predicted octanol–water partition coefficient (Wildman–Crippen LogP) is 1.31. The molecule has 2 aliphatic rings. The molecule has 1 aromatic carbocycles. The van der Waals surface area contributed by atoms with Gasteiger partial charge in [-0.3, -0.25) is 34.2 Å². The fraction of sp³-hybridized carbons (Fsp3) is 0.633. The van der Waals surface area contributed by atoms with Crippen molar-refractivity contribution in [1.29, 1.82) is 0 Å². The maximum Gasteiger partial charge on any atom is 0.308 e. The maximum absolute atomic E-state index is 13.1. The van der Waals surface area contributed by atoms with Crippen molar-refractivity contribution in [3.05, 3.63) is 29.3 Å². The van der Waals surface area contributed by atoms with Gasteiger partial charge in [0.2, 0.25) is 11.8 Å². The van der Waals surface area contributed by atoms with Crippen molar-refractivity contribution in [3.63, 3.8) is 0 Å². The van der Waals surface area contributed by atoms with Crippen LogP contribution in [0.4, 0.5) is 5.69 Å². The summed E-state index contributed by atoms with van der Waals surface area (Å²) in [4.78, 5) is 62.3. The smallest absolute Gasteiger partial charge is 0.308 e. The molecule has 14 nitrogen and oxygen atoms in total. The number of carbonyl (C=O) groups excluding carboxylic acids is 5. The molecule has 3 rings (SSSR count). The lowest BCUT2D eigenvalue weighted by Crippen LogP contribution is -2.54. The molecule has 4 amide bonds. The fourth-order valence-electron chi connectivity index (χ4n) is 4.45. The molecule has 0 spiro atoms. The molecule has 0 bridgehead atoms. The molecule has 0 saturated carbocycles. The third-order valence-corrected chi connectivity index (χ3v) is 6.39. The SMILES string of the molecule is CC(C)(C)OC(=O)CCOCCOCCOCCOCCOCCNc1cccc2c1C(=O)N(C1CCC(=O)NC1=O)C2=O. The van der Waals surface area contributed by atoms with Crippen molar-refractivity contribution in [1.82, 2.24) is 10.2 Å². The molecule has 1 atom stereocenters. The highest BCUT2D eigenvalue weighted by Gasteiger charge is 2.45. The third kappa shape index (κ3) is 11.2. The first-order valence-corrected chi connectivity index (χ1v) is 14.8. The molecule has 1 saturated heterocycles. The standard InChI is InChI=1S/C30H43N3O11/c1-30(2,3)44-25(35)9-11-39-13-15-41-17-19-43-20-18-42-16-14-40-12-10-31-22-6-4-5-21-26(22)29(38)33(28(21)37)23-7-8-24(34)32-27(23)36/h4-6,23,31H,7-20H2,1-3H3,(H,32,34,36). The summed E-state index contributed by atoms with van der Waals surface area (Å²) in [5, 5.41) is 5.31. The number of imide groups is 2. The van der Waals surface area contributed by atoms with Crippen LogP contribution in [-0.2, 0) is 42.8 Å². The highest BCUT2D eigenvalue weighted by Crippen LogP contribution is 2.32. The zero-order chi connectivity index (χ0) is 32.0. The second kappa shape index (κ2) is 17.8. The number of benzene rings is 1. The van der Waals surface area contributed by atoms with E-state index in [9.17, 15) is 24.0 Å². The van der Waals surface area contributed by atoms with Crippen molar-refractivity contribution < 1.29 is 52.4 Å². The maximum atomic E-state index is 13.1. The minimum absolute atomic E-state index is 0.0655. The lowest BCUT2D eigenvalue weighted by molar-refractivity contribution is -0.156. The zero-order valence-electron chi connectivity index (χ0n) is 25.6. The molecule has 244 valence electrons. The summed E-state index contributed by atoms with van der Waals surface area (Å²) in [6.45, 7) is 9.68. The molecule has 0 radical (unpaired) electrons. The van der Waals surface area contributed by atoms with E-state index >= 15 is 0 Å². The lowest BCUT2D eigenvalue weighted by atomic mass is 10.0. The van der Waals surface area contributed by atoms with E-state index in [1.54, 1.807) is 18.2 Å². The van der Waals surface area contributed by atoms with Crippen LogP contribution in [0, 0.1) is 0 Å². The van der Waals surface area contributed by atoms with Gasteiger partial charge in [0.25, 0.3) is 11.8 Å². The number of piperidine rings is 1. The van der Waals surface area contributed by atoms with E-state index in [0.717, 1.165) is 4.90 Å². The van der Waals surface area contributed by atoms with Gasteiger partial charge in [0, 0.05) is 18.7 Å². The summed E-state index contributed by atoms with van der Waals surface area (Å²) in [5.41, 5.74) is 0.404. The van der Waals surface area contributed by atoms with E-state index < -0.39 is 35.3 Å². The second-order valence-electron chi connectivity index (χ2n) is 11.0. The van der Waals surface area contributed by atoms with Gasteiger partial charge in [-0.1, -0.05) is 6.07 Å². The summed E-state index contributed by atoms with van der Waals surface area (Å²) in [7, 11) is 0. The number of fused-ring (bicyclic) bond motifs is 1. The number of hydrogen-bond donors (Lipinski definition) is 2. The average molecular weight is 622 g/mol. The topological polar surface area (TPSA) is 168 Å². The van der Waals surface area contributed by atoms with Gasteiger partial charge in [0.15, 0.2) is 0 Å². The molecule has 2 heterocycles. The number of amides is 4. The summed E-state index contributed by atoms with van der Waals surface area (Å²) in [5.74, 6) is -2.46. The molecular formula is C30H43N3O11. The van der Waals surface area contributed by atoms with Crippen LogP contribution in [0.2, 0.25) is 0 Å². The first kappa shape index (κ1) is 35.1. The number of esters is 1. The number of nitrogens with zero attached hydrogens (tertiary/aromatic N) is 1. The Hall–Kier alpha value is -3.43. The number of carbonyl (C=O) groups is 5. The molecular weight excluding hydrogens is 578 g/mol. The van der Waals surface area contributed by atoms with Crippen LogP contribution in [0.25, 0.3) is 0 Å². The Morgan fingerprint density at radius 1 is 0.841 bits per heavy atom. The van der Waals surface area contributed by atoms with Crippen molar-refractivity contribution in [2.75, 3.05) is 77.9 Å². The second-order valence-corrected chi connectivity index (χ2v) is 11.0. The highest BCUT2D eigenvalue weighted by molar-refractivity contribution is 6.25. The Morgan fingerprint density at radius 2 is 1.41 bits per heavy atom. The average Bonchev–Trinajstić information content (AvgIpc) is 3.21. The Kier molecular flexibility index (Phi) is 14.1. The van der Waals surface area contributed by atoms with E-state index in [2.05, 4.69) is 10.6 Å². The Balaban J connectivity index is 1.17. The Morgan fingerprint density at radius 3 is 1.98 bits per heavy atom. The van der Waals surface area contributed by atoms with E-state index in [1.807, 2.05) is 20.8 Å². The van der Waals surface area contributed by atoms with Crippen molar-refractivity contribution in [2.24, 2.45) is 0 Å². The highest BCUT2D eigenvalue weighted by atomic mass is 16.6. The Bertz CT molecular complexity index is 1150. The molecule has 1 fully saturated rings. The van der Waals surface area contributed by atoms with Crippen LogP contribution in [0.1, 0.15) is 60.7 Å². The molecule has 14 heteroatoms. The number of rotatable bonds is 20. The zero-order valence-corrected chi connectivity index (χ0v) is 25.6. The third-order valence-electron chi connectivity index (χ3n) is 6.39. The minimum Gasteiger partial charge on any atom is -0.460 e. The Labute approximate surface area is 257 Å². The molecule has 2 aliphatic heterocycles. The lowest BCUT2D eigenvalue weighted by Gasteiger charge is -2.27. The van der Waals surface area contributed by atoms with E-state index in [4.69, 9.17) is 28.4 Å². The van der Waals surface area contributed by atoms with Crippen LogP contribution in [0.3, 0.4) is 0 Å². The van der Waals surface area contributed by atoms with Crippen molar-refractivity contribution in [3.8, 4) is 0 Å². The quantitative estimate of drug-likeness (QED) is 0.122. The van der Waals surface area contributed by atoms with Crippen molar-refractivity contribution in [2.45, 2.75) is 51.7 Å². The molecule has 1 unspecified atom stereocenters. The van der Waals surface area contributed by atoms with E-state index in [1.165, 1.54) is 0 Å². The van der Waals surface area contributed by atoms with E-state index in [0.29, 0.717) is 71.7 Å². The summed E-state index contributed by atoms with van der Waals surface area (Å²) in [6, 6.07) is 3.89. The van der Waals surface area contributed by atoms with E-state index in [-0.39, 0.29) is 43.0 Å². The van der Waals surface area contributed by atoms with Gasteiger partial charge in [-0.25, -0.2) is 0 Å². The van der Waals surface area contributed by atoms with Gasteiger partial charge in [-0.2, -0.15) is 0 Å². The monoisotopic (exact) mass is 621 g/mol. The summed E-state index contributed by atoms with van der Waals surface area (Å²) >= 11 is 0. The first-order chi connectivity index (χ1) is 21.1. The predicted molar refractivity (Wildman–Crippen MR) is 156 cm³/mol. The molecule has 0 aliphatic carbocycles. The number of ether oxygens (including phenoxy) is 6. The first-order valence-electron chi connectivity index (χ1n) is 14.8. The largest absolute Gasteiger partial charge is 0.460 e. The number of anilines is 1. The van der Waals surface area contributed by atoms with Crippen LogP contribution < -0.4 is 10.6 Å². The van der Waals surface area contributed by atoms with Gasteiger partial charge in [0.05, 0.1) is 83.6 Å². The molecule has 2 N–H and O–H groups in total. The van der Waals surface area contributed by atoms with Gasteiger partial charge >= 0.3 is 5.97 Å². The fourth-order valence-corrected chi connectivity index (χ4v) is 4.45. The van der Waals surface area contributed by atoms with Gasteiger partial charge < -0.3 is 33.7 Å². The number of hydrogen-bond acceptors (Lipinski definition) is 12. The van der Waals surface area contributed by atoms with Crippen LogP contribution in [0.15, 0.2) is 18.2 Å². The molecule has 0 aromatic heterocycles. The number of nitrogens with one attached hydrogen (secondary N) is 2. The normalized spacial score (nSPS) is 16.7. The van der Waals surface area contributed by atoms with Gasteiger partial charge in [-0.15, -0.1) is 0 Å².